The molecule has 0 bridgehead atoms. The van der Waals surface area contributed by atoms with E-state index < -0.39 is 36.6 Å². The highest BCUT2D eigenvalue weighted by Crippen LogP contribution is 2.72. The summed E-state index contributed by atoms with van der Waals surface area (Å²) >= 11 is 0. The van der Waals surface area contributed by atoms with Gasteiger partial charge < -0.3 is 61.9 Å². The van der Waals surface area contributed by atoms with Crippen molar-refractivity contribution < 1.29 is 60.3 Å². The fraction of sp³-hybridized carbons (Fsp3) is 0.963. The standard InChI is InChI=1S/C81H138N4O12/c1-46(55-19-22-58-73-61(43-67(92)79(55,58)7)76(4)28-25-52(86)37-49(76)40-64(73)89)13-10-16-70(95)82-31-34-85(35-32-83-71(96)17-11-14-47(2)56-20-23-59-74-62(44-68(93)80(56,59)8)77(5)29-26-53(87)38-50(77)41-65(74)90)36-33-84-72(97)18-12-15-48(3)57-21-24-60-75-63(45-69(94)81(57,60)9)78(6)30-27-54(88)39-51(78)42-66(75)91/h46-69,73-75,86-94H,10-45H2,1-9H3,(H,82,95)(H,83,96)(H,84,97)/t46-,47-,48-,49+,50+,51+,52-,53-,54-,55-,56-,57-,58+,59+,60+,61+,62+,63+,64-,65-,66-,67+,68+,69+,73+,74+,75+,76+,77+,78+,79-,80-,81-/m1/s1. The molecule has 0 aromatic heterocycles. The Morgan fingerprint density at radius 3 is 0.907 bits per heavy atom. The Hall–Kier alpha value is -1.99. The van der Waals surface area contributed by atoms with Crippen LogP contribution in [0.3, 0.4) is 0 Å². The van der Waals surface area contributed by atoms with Gasteiger partial charge in [0.1, 0.15) is 0 Å². The summed E-state index contributed by atoms with van der Waals surface area (Å²) in [6.45, 7) is 23.9. The van der Waals surface area contributed by atoms with Crippen molar-refractivity contribution in [1.82, 2.24) is 20.9 Å². The molecule has 0 aliphatic heterocycles. The van der Waals surface area contributed by atoms with E-state index in [1.807, 2.05) is 0 Å². The summed E-state index contributed by atoms with van der Waals surface area (Å²) in [6.07, 6.45) is 20.7. The molecule has 0 radical (unpaired) electrons. The fourth-order valence-corrected chi connectivity index (χ4v) is 28.4. The quantitative estimate of drug-likeness (QED) is 0.0429. The van der Waals surface area contributed by atoms with Crippen LogP contribution in [-0.2, 0) is 14.4 Å². The predicted octanol–water partition coefficient (Wildman–Crippen LogP) is 9.94. The first-order chi connectivity index (χ1) is 46.0. The van der Waals surface area contributed by atoms with Crippen LogP contribution in [0, 0.1) is 139 Å². The van der Waals surface area contributed by atoms with Gasteiger partial charge in [-0.15, -0.1) is 0 Å². The van der Waals surface area contributed by atoms with Gasteiger partial charge in [0.05, 0.1) is 54.9 Å². The molecule has 33 atom stereocenters. The minimum absolute atomic E-state index is 0.00712. The number of aliphatic hydroxyl groups is 9. The van der Waals surface area contributed by atoms with E-state index in [1.54, 1.807) is 0 Å². The lowest BCUT2D eigenvalue weighted by Gasteiger charge is -2.63. The molecule has 0 aromatic carbocycles. The molecule has 12 aliphatic rings. The van der Waals surface area contributed by atoms with Crippen molar-refractivity contribution in [3.05, 3.63) is 0 Å². The zero-order chi connectivity index (χ0) is 69.5. The molecule has 97 heavy (non-hydrogen) atoms. The van der Waals surface area contributed by atoms with Crippen LogP contribution in [0.2, 0.25) is 0 Å². The van der Waals surface area contributed by atoms with E-state index in [1.165, 1.54) is 0 Å². The largest absolute Gasteiger partial charge is 0.393 e. The van der Waals surface area contributed by atoms with E-state index in [9.17, 15) is 60.3 Å². The normalized spacial score (nSPS) is 49.0. The van der Waals surface area contributed by atoms with Crippen LogP contribution in [0.25, 0.3) is 0 Å². The first-order valence-electron chi connectivity index (χ1n) is 40.6. The summed E-state index contributed by atoms with van der Waals surface area (Å²) in [4.78, 5) is 43.0. The third-order valence-electron chi connectivity index (χ3n) is 34.0. The van der Waals surface area contributed by atoms with Gasteiger partial charge in [-0.1, -0.05) is 62.3 Å². The van der Waals surface area contributed by atoms with Crippen LogP contribution < -0.4 is 16.0 Å². The third-order valence-corrected chi connectivity index (χ3v) is 34.0. The molecule has 12 aliphatic carbocycles. The molecule has 3 amide bonds. The third kappa shape index (κ3) is 13.7. The molecular formula is C81H138N4O12. The number of aliphatic hydroxyl groups excluding tert-OH is 9. The lowest BCUT2D eigenvalue weighted by molar-refractivity contribution is -0.207. The van der Waals surface area contributed by atoms with Crippen molar-refractivity contribution in [3.8, 4) is 0 Å². The molecule has 16 heteroatoms. The van der Waals surface area contributed by atoms with Gasteiger partial charge in [0.25, 0.3) is 0 Å². The number of hydrogen-bond donors (Lipinski definition) is 12. The van der Waals surface area contributed by atoms with Crippen LogP contribution in [0.5, 0.6) is 0 Å². The highest BCUT2D eigenvalue weighted by atomic mass is 16.3. The number of fused-ring (bicyclic) bond motifs is 15. The predicted molar refractivity (Wildman–Crippen MR) is 377 cm³/mol. The number of rotatable bonds is 24. The summed E-state index contributed by atoms with van der Waals surface area (Å²) in [5, 5.41) is 113. The Morgan fingerprint density at radius 1 is 0.371 bits per heavy atom. The molecule has 12 rings (SSSR count). The van der Waals surface area contributed by atoms with Crippen molar-refractivity contribution in [2.45, 2.75) is 310 Å². The Labute approximate surface area is 584 Å². The highest BCUT2D eigenvalue weighted by Gasteiger charge is 2.69. The zero-order valence-corrected chi connectivity index (χ0v) is 61.7. The Kier molecular flexibility index (Phi) is 22.7. The minimum atomic E-state index is -0.442. The van der Waals surface area contributed by atoms with Gasteiger partial charge in [-0.05, 0) is 312 Å². The number of carbonyl (C=O) groups is 3. The second-order valence-corrected chi connectivity index (χ2v) is 38.1. The molecule has 0 aromatic rings. The van der Waals surface area contributed by atoms with Gasteiger partial charge >= 0.3 is 0 Å². The minimum Gasteiger partial charge on any atom is -0.393 e. The van der Waals surface area contributed by atoms with Crippen molar-refractivity contribution in [1.29, 1.82) is 0 Å². The number of nitrogens with zero attached hydrogens (tertiary/aromatic N) is 1. The Balaban J connectivity index is 0.604. The molecular weight excluding hydrogens is 1220 g/mol. The summed E-state index contributed by atoms with van der Waals surface area (Å²) in [5.41, 5.74) is -0.753. The molecule has 0 heterocycles. The SMILES string of the molecule is C[C@H](CCCC(=O)NCCN(CCNC(=O)CCC[C@@H](C)[C@H]1CC[C@H]2[C@@H]3[C@H](O)C[C@@H]4C[C@H](O)CC[C@]4(C)[C@H]3C[C@H](O)[C@]12C)CCNC(=O)CCC[C@@H](C)[C@H]1CC[C@H]2[C@@H]3[C@H](O)C[C@@H]4C[C@H](O)CC[C@]4(C)[C@H]3C[C@H](O)[C@]12C)[C@H]1CC[C@H]2[C@@H]3[C@H](O)C[C@@H]4C[C@H](O)CC[C@]4(C)[C@H]3C[C@H](O)[C@]12C. The monoisotopic (exact) mass is 1360 g/mol. The summed E-state index contributed by atoms with van der Waals surface area (Å²) < 4.78 is 0. The summed E-state index contributed by atoms with van der Waals surface area (Å²) in [5.74, 6) is 4.83. The Bertz CT molecular complexity index is 2430. The van der Waals surface area contributed by atoms with Crippen LogP contribution in [0.1, 0.15) is 255 Å². The Morgan fingerprint density at radius 2 is 0.639 bits per heavy atom. The maximum atomic E-state index is 13.6. The highest BCUT2D eigenvalue weighted by molar-refractivity contribution is 5.76. The average Bonchev–Trinajstić information content (AvgIpc) is 1.66. The van der Waals surface area contributed by atoms with E-state index in [0.717, 1.165) is 154 Å². The first-order valence-corrected chi connectivity index (χ1v) is 40.6. The summed E-state index contributed by atoms with van der Waals surface area (Å²) in [6, 6.07) is 0. The molecule has 12 saturated carbocycles. The van der Waals surface area contributed by atoms with Gasteiger partial charge in [-0.3, -0.25) is 19.3 Å². The molecule has 0 unspecified atom stereocenters. The van der Waals surface area contributed by atoms with Crippen molar-refractivity contribution in [2.24, 2.45) is 139 Å². The maximum absolute atomic E-state index is 13.6. The van der Waals surface area contributed by atoms with Crippen LogP contribution >= 0.6 is 0 Å². The van der Waals surface area contributed by atoms with Gasteiger partial charge in [-0.2, -0.15) is 0 Å². The van der Waals surface area contributed by atoms with E-state index in [-0.39, 0.29) is 140 Å². The van der Waals surface area contributed by atoms with Gasteiger partial charge in [-0.25, -0.2) is 0 Å². The fourth-order valence-electron chi connectivity index (χ4n) is 28.4. The summed E-state index contributed by atoms with van der Waals surface area (Å²) in [7, 11) is 0. The lowest BCUT2D eigenvalue weighted by atomic mass is 9.43. The lowest BCUT2D eigenvalue weighted by Crippen LogP contribution is -2.62. The molecule has 12 fully saturated rings. The molecule has 0 spiro atoms. The number of hydrogen-bond acceptors (Lipinski definition) is 13. The van der Waals surface area contributed by atoms with Crippen molar-refractivity contribution >= 4 is 17.7 Å². The van der Waals surface area contributed by atoms with Crippen LogP contribution in [-0.4, -0.2) is 163 Å². The van der Waals surface area contributed by atoms with Crippen molar-refractivity contribution in [2.75, 3.05) is 39.3 Å². The second-order valence-electron chi connectivity index (χ2n) is 38.1. The number of nitrogens with one attached hydrogen (secondary N) is 3. The van der Waals surface area contributed by atoms with Crippen LogP contribution in [0.4, 0.5) is 0 Å². The number of carbonyl (C=O) groups excluding carboxylic acids is 3. The van der Waals surface area contributed by atoms with Crippen molar-refractivity contribution in [3.63, 3.8) is 0 Å². The zero-order valence-electron chi connectivity index (χ0n) is 61.7. The first kappa shape index (κ1) is 74.7. The van der Waals surface area contributed by atoms with E-state index >= 15 is 0 Å². The van der Waals surface area contributed by atoms with E-state index in [2.05, 4.69) is 83.2 Å². The van der Waals surface area contributed by atoms with Gasteiger partial charge in [0.2, 0.25) is 17.7 Å². The van der Waals surface area contributed by atoms with E-state index in [0.29, 0.717) is 113 Å². The second kappa shape index (κ2) is 29.5. The average molecular weight is 1360 g/mol. The van der Waals surface area contributed by atoms with Gasteiger partial charge in [0.15, 0.2) is 0 Å². The molecule has 16 nitrogen and oxygen atoms in total. The van der Waals surface area contributed by atoms with Crippen LogP contribution in [0.15, 0.2) is 0 Å². The van der Waals surface area contributed by atoms with E-state index in [4.69, 9.17) is 0 Å². The number of amides is 3. The molecule has 12 N–H and O–H groups in total. The molecule has 554 valence electrons. The topological polar surface area (TPSA) is 273 Å². The van der Waals surface area contributed by atoms with Gasteiger partial charge in [0, 0.05) is 58.5 Å². The maximum Gasteiger partial charge on any atom is 0.220 e. The molecule has 0 saturated heterocycles. The smallest absolute Gasteiger partial charge is 0.220 e.